The van der Waals surface area contributed by atoms with Gasteiger partial charge in [0.15, 0.2) is 5.17 Å². The van der Waals surface area contributed by atoms with Crippen LogP contribution in [0.25, 0.3) is 11.8 Å². The first-order chi connectivity index (χ1) is 20.0. The molecule has 1 aliphatic heterocycles. The third-order valence-electron chi connectivity index (χ3n) is 6.65. The van der Waals surface area contributed by atoms with Crippen molar-refractivity contribution in [2.75, 3.05) is 0 Å². The Bertz CT molecular complexity index is 1820. The van der Waals surface area contributed by atoms with Crippen LogP contribution in [0.15, 0.2) is 76.6 Å². The van der Waals surface area contributed by atoms with Crippen molar-refractivity contribution in [1.29, 1.82) is 0 Å². The number of nitro benzene ring substituents is 2. The van der Waals surface area contributed by atoms with Gasteiger partial charge in [-0.2, -0.15) is 0 Å². The lowest BCUT2D eigenvalue weighted by Gasteiger charge is -2.11. The van der Waals surface area contributed by atoms with E-state index in [0.717, 1.165) is 51.6 Å². The zero-order valence-corrected chi connectivity index (χ0v) is 23.9. The molecule has 1 aromatic heterocycles. The van der Waals surface area contributed by atoms with Gasteiger partial charge in [-0.3, -0.25) is 25.0 Å². The molecule has 3 aromatic carbocycles. The molecule has 1 aliphatic rings. The molecule has 5 rings (SSSR count). The van der Waals surface area contributed by atoms with Crippen LogP contribution in [0.4, 0.5) is 17.1 Å². The normalized spacial score (nSPS) is 14.8. The first-order valence-corrected chi connectivity index (χ1v) is 13.6. The maximum Gasteiger partial charge on any atom is 0.318 e. The summed E-state index contributed by atoms with van der Waals surface area (Å²) >= 11 is 1.29. The van der Waals surface area contributed by atoms with Gasteiger partial charge in [0.1, 0.15) is 5.75 Å². The molecule has 2 heterocycles. The summed E-state index contributed by atoms with van der Waals surface area (Å²) in [6.45, 7) is 7.91. The zero-order chi connectivity index (χ0) is 30.1. The second-order valence-corrected chi connectivity index (χ2v) is 10.7. The molecule has 1 fully saturated rings. The third-order valence-corrected chi connectivity index (χ3v) is 7.56. The number of aliphatic imine (C=N–C) groups is 1. The molecule has 4 aromatic rings. The lowest BCUT2D eigenvalue weighted by atomic mass is 10.1. The molecular formula is C30H25N5O6S. The van der Waals surface area contributed by atoms with Crippen LogP contribution < -0.4 is 10.1 Å². The molecule has 12 heteroatoms. The van der Waals surface area contributed by atoms with Crippen LogP contribution in [-0.2, 0) is 4.79 Å². The average Bonchev–Trinajstić information content (AvgIpc) is 3.42. The highest BCUT2D eigenvalue weighted by atomic mass is 32.2. The maximum atomic E-state index is 12.7. The van der Waals surface area contributed by atoms with Crippen molar-refractivity contribution in [1.82, 2.24) is 9.88 Å². The summed E-state index contributed by atoms with van der Waals surface area (Å²) < 4.78 is 7.71. The molecule has 0 unspecified atom stereocenters. The van der Waals surface area contributed by atoms with Crippen LogP contribution in [0.5, 0.6) is 11.5 Å². The van der Waals surface area contributed by atoms with E-state index in [1.807, 2.05) is 62.6 Å². The van der Waals surface area contributed by atoms with Crippen molar-refractivity contribution < 1.29 is 19.4 Å². The summed E-state index contributed by atoms with van der Waals surface area (Å²) in [6.07, 6.45) is 1.84. The number of ether oxygens (including phenoxy) is 1. The number of benzene rings is 3. The fraction of sp³-hybridized carbons (Fsp3) is 0.133. The van der Waals surface area contributed by atoms with Gasteiger partial charge in [0.05, 0.1) is 26.5 Å². The van der Waals surface area contributed by atoms with E-state index in [0.29, 0.717) is 15.8 Å². The number of carbonyl (C=O) groups excluding carboxylic acids is 1. The molecule has 11 nitrogen and oxygen atoms in total. The summed E-state index contributed by atoms with van der Waals surface area (Å²) in [5, 5.41) is 25.8. The molecule has 42 heavy (non-hydrogen) atoms. The molecule has 0 spiro atoms. The number of carbonyl (C=O) groups is 1. The van der Waals surface area contributed by atoms with Gasteiger partial charge in [0, 0.05) is 23.1 Å². The van der Waals surface area contributed by atoms with Crippen molar-refractivity contribution in [3.63, 3.8) is 0 Å². The largest absolute Gasteiger partial charge is 0.450 e. The van der Waals surface area contributed by atoms with Gasteiger partial charge in [-0.05, 0) is 99.1 Å². The van der Waals surface area contributed by atoms with Crippen molar-refractivity contribution in [2.24, 2.45) is 4.99 Å². The van der Waals surface area contributed by atoms with E-state index in [1.54, 1.807) is 24.3 Å². The van der Waals surface area contributed by atoms with E-state index in [2.05, 4.69) is 10.3 Å². The van der Waals surface area contributed by atoms with Crippen molar-refractivity contribution >= 4 is 46.0 Å². The highest BCUT2D eigenvalue weighted by Gasteiger charge is 2.25. The summed E-state index contributed by atoms with van der Waals surface area (Å²) in [5.41, 5.74) is 5.62. The minimum Gasteiger partial charge on any atom is -0.450 e. The Labute approximate surface area is 244 Å². The topological polar surface area (TPSA) is 142 Å². The number of hydrogen-bond acceptors (Lipinski definition) is 8. The quantitative estimate of drug-likeness (QED) is 0.138. The van der Waals surface area contributed by atoms with Crippen LogP contribution >= 0.6 is 11.8 Å². The molecule has 0 bridgehead atoms. The van der Waals surface area contributed by atoms with E-state index >= 15 is 0 Å². The van der Waals surface area contributed by atoms with Gasteiger partial charge in [0.25, 0.3) is 11.6 Å². The summed E-state index contributed by atoms with van der Waals surface area (Å²) in [5.74, 6) is 0.0127. The standard InChI is InChI=1S/C30H25N5O6S/c1-17-5-11-25(18(2)13-17)31-30-32-29(36)28(42-30)15-21-14-19(3)33(20(21)4)22-6-9-24(10-7-22)41-27-12-8-23(34(37)38)16-26(27)35(39)40/h5-16H,1-4H3,(H,31,32,36)/b28-15-. The van der Waals surface area contributed by atoms with Gasteiger partial charge in [-0.1, -0.05) is 17.7 Å². The number of aryl methyl sites for hydroxylation is 3. The number of amides is 1. The number of nitrogens with zero attached hydrogens (tertiary/aromatic N) is 4. The number of nitro groups is 2. The highest BCUT2D eigenvalue weighted by molar-refractivity contribution is 8.18. The average molecular weight is 584 g/mol. The van der Waals surface area contributed by atoms with Gasteiger partial charge < -0.3 is 14.6 Å². The maximum absolute atomic E-state index is 12.7. The molecule has 212 valence electrons. The number of hydrogen-bond donors (Lipinski definition) is 1. The fourth-order valence-electron chi connectivity index (χ4n) is 4.63. The number of amidine groups is 1. The molecule has 1 saturated heterocycles. The van der Waals surface area contributed by atoms with Crippen LogP contribution in [0.2, 0.25) is 0 Å². The predicted molar refractivity (Wildman–Crippen MR) is 162 cm³/mol. The van der Waals surface area contributed by atoms with Crippen LogP contribution in [0, 0.1) is 47.9 Å². The summed E-state index contributed by atoms with van der Waals surface area (Å²) in [7, 11) is 0. The Kier molecular flexibility index (Phi) is 7.64. The van der Waals surface area contributed by atoms with Gasteiger partial charge in [-0.25, -0.2) is 4.99 Å². The Morgan fingerprint density at radius 1 is 0.929 bits per heavy atom. The number of aromatic nitrogens is 1. The third kappa shape index (κ3) is 5.79. The molecule has 0 radical (unpaired) electrons. The second-order valence-electron chi connectivity index (χ2n) is 9.70. The van der Waals surface area contributed by atoms with Gasteiger partial charge >= 0.3 is 5.69 Å². The molecule has 0 saturated carbocycles. The minimum absolute atomic E-state index is 0.103. The fourth-order valence-corrected chi connectivity index (χ4v) is 5.46. The molecule has 0 aliphatic carbocycles. The molecular weight excluding hydrogens is 558 g/mol. The lowest BCUT2D eigenvalue weighted by Crippen LogP contribution is -2.19. The van der Waals surface area contributed by atoms with Gasteiger partial charge in [0.2, 0.25) is 5.75 Å². The zero-order valence-electron chi connectivity index (χ0n) is 23.1. The van der Waals surface area contributed by atoms with E-state index in [9.17, 15) is 25.0 Å². The van der Waals surface area contributed by atoms with E-state index in [-0.39, 0.29) is 11.7 Å². The SMILES string of the molecule is Cc1ccc(N=C2NC(=O)/C(=C/c3cc(C)n(-c4ccc(Oc5ccc([N+](=O)[O-])cc5[N+](=O)[O-])cc4)c3C)S2)c(C)c1. The first kappa shape index (κ1) is 28.3. The van der Waals surface area contributed by atoms with Crippen molar-refractivity contribution in [2.45, 2.75) is 27.7 Å². The second kappa shape index (κ2) is 11.3. The Balaban J connectivity index is 1.37. The van der Waals surface area contributed by atoms with Gasteiger partial charge in [-0.15, -0.1) is 0 Å². The monoisotopic (exact) mass is 583 g/mol. The van der Waals surface area contributed by atoms with E-state index in [1.165, 1.54) is 17.8 Å². The predicted octanol–water partition coefficient (Wildman–Crippen LogP) is 7.21. The molecule has 1 amide bonds. The minimum atomic E-state index is -0.722. The summed E-state index contributed by atoms with van der Waals surface area (Å²) in [6, 6.07) is 18.1. The van der Waals surface area contributed by atoms with Crippen LogP contribution in [0.3, 0.4) is 0 Å². The number of nitrogens with one attached hydrogen (secondary N) is 1. The molecule has 1 N–H and O–H groups in total. The first-order valence-electron chi connectivity index (χ1n) is 12.8. The van der Waals surface area contributed by atoms with Crippen LogP contribution in [-0.4, -0.2) is 25.5 Å². The molecule has 0 atom stereocenters. The smallest absolute Gasteiger partial charge is 0.318 e. The Morgan fingerprint density at radius 2 is 1.67 bits per heavy atom. The summed E-state index contributed by atoms with van der Waals surface area (Å²) in [4.78, 5) is 38.9. The van der Waals surface area contributed by atoms with Crippen LogP contribution in [0.1, 0.15) is 28.1 Å². The highest BCUT2D eigenvalue weighted by Crippen LogP contribution is 2.35. The number of thioether (sulfide) groups is 1. The number of rotatable bonds is 7. The van der Waals surface area contributed by atoms with Crippen molar-refractivity contribution in [3.8, 4) is 17.2 Å². The Hall–Kier alpha value is -5.23. The number of non-ortho nitro benzene ring substituents is 1. The Morgan fingerprint density at radius 3 is 2.33 bits per heavy atom. The van der Waals surface area contributed by atoms with E-state index in [4.69, 9.17) is 4.74 Å². The lowest BCUT2D eigenvalue weighted by molar-refractivity contribution is -0.394. The van der Waals surface area contributed by atoms with Crippen molar-refractivity contribution in [3.05, 3.63) is 120 Å². The van der Waals surface area contributed by atoms with E-state index < -0.39 is 21.2 Å².